The number of hydrogen-bond donors (Lipinski definition) is 0. The molecule has 0 bridgehead atoms. The van der Waals surface area contributed by atoms with Crippen LogP contribution in [0.2, 0.25) is 13.1 Å². The Morgan fingerprint density at radius 3 is 1.06 bits per heavy atom. The molecule has 4 aromatic heterocycles. The lowest BCUT2D eigenvalue weighted by Crippen LogP contribution is -2.29. The molecule has 5 heterocycles. The minimum atomic E-state index is -2.45. The third-order valence-corrected chi connectivity index (χ3v) is 12.4. The first-order valence-corrected chi connectivity index (χ1v) is 19.2. The van der Waals surface area contributed by atoms with Gasteiger partial charge in [0, 0.05) is 33.9 Å². The molecule has 5 heteroatoms. The Morgan fingerprint density at radius 1 is 0.362 bits per heavy atom. The fourth-order valence-electron chi connectivity index (χ4n) is 7.12. The Bertz CT molecular complexity index is 2000. The fourth-order valence-corrected chi connectivity index (χ4v) is 10.7. The van der Waals surface area contributed by atoms with Gasteiger partial charge in [-0.3, -0.25) is 9.97 Å². The maximum atomic E-state index is 5.41. The van der Waals surface area contributed by atoms with E-state index >= 15 is 0 Å². The van der Waals surface area contributed by atoms with Crippen molar-refractivity contribution in [3.8, 4) is 22.5 Å². The normalized spacial score (nSPS) is 14.2. The lowest BCUT2D eigenvalue weighted by molar-refractivity contribution is 1.12. The summed E-state index contributed by atoms with van der Waals surface area (Å²) >= 11 is 0. The van der Waals surface area contributed by atoms with Gasteiger partial charge in [-0.1, -0.05) is 85.9 Å². The molecule has 7 rings (SSSR count). The molecule has 0 saturated heterocycles. The van der Waals surface area contributed by atoms with Crippen molar-refractivity contribution >= 4 is 29.6 Å². The van der Waals surface area contributed by atoms with Crippen LogP contribution in [-0.2, 0) is 0 Å². The smallest absolute Gasteiger partial charge is 0.119 e. The van der Waals surface area contributed by atoms with E-state index in [1.54, 1.807) is 0 Å². The molecule has 0 spiro atoms. The van der Waals surface area contributed by atoms with E-state index < -0.39 is 8.07 Å². The predicted octanol–water partition coefficient (Wildman–Crippen LogP) is 10.2. The van der Waals surface area contributed by atoms with Gasteiger partial charge >= 0.3 is 0 Å². The number of benzene rings is 2. The largest absolute Gasteiger partial charge is 0.258 e. The zero-order chi connectivity index (χ0) is 32.7. The van der Waals surface area contributed by atoms with E-state index in [1.807, 2.05) is 27.7 Å². The van der Waals surface area contributed by atoms with Gasteiger partial charge in [0.15, 0.2) is 0 Å². The van der Waals surface area contributed by atoms with E-state index in [1.165, 1.54) is 32.7 Å². The summed E-state index contributed by atoms with van der Waals surface area (Å²) in [4.78, 5) is 20.1. The topological polar surface area (TPSA) is 51.6 Å². The van der Waals surface area contributed by atoms with Gasteiger partial charge < -0.3 is 0 Å². The van der Waals surface area contributed by atoms with E-state index in [0.29, 0.717) is 0 Å². The molecule has 0 amide bonds. The zero-order valence-corrected chi connectivity index (χ0v) is 28.8. The van der Waals surface area contributed by atoms with Gasteiger partial charge in [-0.2, -0.15) is 0 Å². The van der Waals surface area contributed by atoms with Gasteiger partial charge in [-0.05, 0) is 109 Å². The highest BCUT2D eigenvalue weighted by atomic mass is 28.3. The molecule has 0 atom stereocenters. The number of aromatic nitrogens is 4. The minimum absolute atomic E-state index is 0.957. The molecule has 0 radical (unpaired) electrons. The van der Waals surface area contributed by atoms with Crippen molar-refractivity contribution in [1.82, 2.24) is 19.9 Å². The molecule has 0 saturated carbocycles. The Kier molecular flexibility index (Phi) is 7.86. The van der Waals surface area contributed by atoms with Gasteiger partial charge in [-0.15, -0.1) is 0 Å². The molecule has 0 N–H and O–H groups in total. The van der Waals surface area contributed by atoms with Crippen molar-refractivity contribution in [1.29, 1.82) is 0 Å². The molecule has 1 aliphatic rings. The zero-order valence-electron chi connectivity index (χ0n) is 27.8. The summed E-state index contributed by atoms with van der Waals surface area (Å²) in [5.74, 6) is 0. The van der Waals surface area contributed by atoms with Crippen LogP contribution in [0.3, 0.4) is 0 Å². The van der Waals surface area contributed by atoms with Crippen molar-refractivity contribution < 1.29 is 0 Å². The highest BCUT2D eigenvalue weighted by Gasteiger charge is 2.45. The summed E-state index contributed by atoms with van der Waals surface area (Å²) in [6, 6.07) is 43.0. The van der Waals surface area contributed by atoms with Gasteiger partial charge in [0.05, 0.1) is 22.8 Å². The maximum Gasteiger partial charge on any atom is 0.119 e. The van der Waals surface area contributed by atoms with Crippen LogP contribution in [0.25, 0.3) is 44.1 Å². The molecule has 6 aromatic rings. The molecule has 230 valence electrons. The molecule has 0 aliphatic carbocycles. The van der Waals surface area contributed by atoms with Crippen LogP contribution >= 0.6 is 0 Å². The Morgan fingerprint density at radius 2 is 0.702 bits per heavy atom. The van der Waals surface area contributed by atoms with Crippen LogP contribution in [0.4, 0.5) is 0 Å². The van der Waals surface area contributed by atoms with Crippen LogP contribution < -0.4 is 0 Å². The number of rotatable bonds is 6. The molecule has 2 aromatic carbocycles. The second-order valence-corrected chi connectivity index (χ2v) is 17.2. The highest BCUT2D eigenvalue weighted by Crippen LogP contribution is 2.55. The van der Waals surface area contributed by atoms with Crippen LogP contribution in [0.1, 0.15) is 45.3 Å². The summed E-state index contributed by atoms with van der Waals surface area (Å²) < 4.78 is 0. The number of nitrogens with zero attached hydrogens (tertiary/aromatic N) is 4. The van der Waals surface area contributed by atoms with Crippen molar-refractivity contribution in [3.63, 3.8) is 0 Å². The van der Waals surface area contributed by atoms with Gasteiger partial charge in [0.2, 0.25) is 0 Å². The third-order valence-electron chi connectivity index (χ3n) is 8.89. The summed E-state index contributed by atoms with van der Waals surface area (Å²) in [6.45, 7) is 13.1. The number of allylic oxidation sites excluding steroid dienone is 2. The third kappa shape index (κ3) is 5.79. The summed E-state index contributed by atoms with van der Waals surface area (Å²) in [6.07, 6.45) is 0. The van der Waals surface area contributed by atoms with E-state index in [0.717, 1.165) is 56.7 Å². The van der Waals surface area contributed by atoms with E-state index in [-0.39, 0.29) is 0 Å². The SMILES string of the molecule is Cc1cc(-c2cccc(C3=C(c4ccccc4)C(c4ccccc4)=C(c4cccc(-c5cc(C)nc(C)c5)n4)[Si]3(C)C)n2)cc(C)n1. The first kappa shape index (κ1) is 30.4. The number of aryl methyl sites for hydroxylation is 4. The van der Waals surface area contributed by atoms with E-state index in [4.69, 9.17) is 9.97 Å². The highest BCUT2D eigenvalue weighted by molar-refractivity contribution is 7.13. The predicted molar refractivity (Wildman–Crippen MR) is 198 cm³/mol. The maximum absolute atomic E-state index is 5.41. The molecule has 47 heavy (non-hydrogen) atoms. The van der Waals surface area contributed by atoms with E-state index in [2.05, 4.69) is 144 Å². The molecule has 1 aliphatic heterocycles. The van der Waals surface area contributed by atoms with Gasteiger partial charge in [0.25, 0.3) is 0 Å². The Labute approximate surface area is 278 Å². The summed E-state index contributed by atoms with van der Waals surface area (Å²) in [7, 11) is -2.45. The first-order valence-electron chi connectivity index (χ1n) is 16.2. The lowest BCUT2D eigenvalue weighted by Gasteiger charge is -2.26. The average molecular weight is 627 g/mol. The van der Waals surface area contributed by atoms with E-state index in [9.17, 15) is 0 Å². The van der Waals surface area contributed by atoms with Crippen molar-refractivity contribution in [2.45, 2.75) is 40.8 Å². The molecule has 0 unspecified atom stereocenters. The molecule has 4 nitrogen and oxygen atoms in total. The average Bonchev–Trinajstić information content (AvgIpc) is 3.31. The minimum Gasteiger partial charge on any atom is -0.258 e. The fraction of sp³-hybridized carbons (Fsp3) is 0.143. The van der Waals surface area contributed by atoms with Crippen molar-refractivity contribution in [2.75, 3.05) is 0 Å². The van der Waals surface area contributed by atoms with Crippen LogP contribution in [0, 0.1) is 27.7 Å². The standard InChI is InChI=1S/C42H38N4Si/c1-27-23-33(24-28(2)43-27)35-19-13-21-37(45-35)41-39(31-15-9-7-10-16-31)40(32-17-11-8-12-18-32)42(47(41,5)6)38-22-14-20-36(46-38)34-25-29(3)44-30(4)26-34/h7-26H,1-6H3. The van der Waals surface area contributed by atoms with Crippen molar-refractivity contribution in [3.05, 3.63) is 167 Å². The quantitative estimate of drug-likeness (QED) is 0.173. The second kappa shape index (κ2) is 12.2. The molecular formula is C42H38N4Si. The molecular weight excluding hydrogens is 589 g/mol. The number of hydrogen-bond acceptors (Lipinski definition) is 4. The monoisotopic (exact) mass is 626 g/mol. The number of pyridine rings is 4. The first-order chi connectivity index (χ1) is 22.7. The summed E-state index contributed by atoms with van der Waals surface area (Å²) in [5, 5.41) is 2.65. The van der Waals surface area contributed by atoms with Crippen LogP contribution in [0.5, 0.6) is 0 Å². The Hall–Kier alpha value is -5.26. The Balaban J connectivity index is 1.51. The molecule has 0 fully saturated rings. The van der Waals surface area contributed by atoms with Gasteiger partial charge in [0.1, 0.15) is 8.07 Å². The summed E-state index contributed by atoms with van der Waals surface area (Å²) in [5.41, 5.74) is 15.0. The lowest BCUT2D eigenvalue weighted by atomic mass is 9.90. The van der Waals surface area contributed by atoms with Crippen LogP contribution in [-0.4, -0.2) is 28.0 Å². The van der Waals surface area contributed by atoms with Crippen LogP contribution in [0.15, 0.2) is 121 Å². The van der Waals surface area contributed by atoms with Crippen molar-refractivity contribution in [2.24, 2.45) is 0 Å². The second-order valence-electron chi connectivity index (χ2n) is 13.0. The van der Waals surface area contributed by atoms with Gasteiger partial charge in [-0.25, -0.2) is 9.97 Å².